The number of carbonyl (C=O) groups excluding carboxylic acids is 1. The van der Waals surface area contributed by atoms with Gasteiger partial charge in [-0.2, -0.15) is 12.6 Å². The van der Waals surface area contributed by atoms with Crippen molar-refractivity contribution in [3.63, 3.8) is 0 Å². The second-order valence-electron chi connectivity index (χ2n) is 3.47. The molecule has 0 spiro atoms. The molecule has 0 aromatic heterocycles. The Kier molecular flexibility index (Phi) is 4.73. The summed E-state index contributed by atoms with van der Waals surface area (Å²) in [6.45, 7) is 0.268. The molecule has 0 aliphatic rings. The van der Waals surface area contributed by atoms with Gasteiger partial charge in [-0.05, 0) is 23.4 Å². The SMILES string of the molecule is CN(Cc1ccc(F)c(F)c1)C(=O)CCS. The van der Waals surface area contributed by atoms with Crippen LogP contribution in [-0.2, 0) is 11.3 Å². The number of nitrogens with zero attached hydrogens (tertiary/aromatic N) is 1. The van der Waals surface area contributed by atoms with Crippen LogP contribution >= 0.6 is 12.6 Å². The van der Waals surface area contributed by atoms with Gasteiger partial charge in [0.25, 0.3) is 0 Å². The third kappa shape index (κ3) is 3.48. The van der Waals surface area contributed by atoms with Crippen molar-refractivity contribution in [1.29, 1.82) is 0 Å². The highest BCUT2D eigenvalue weighted by Crippen LogP contribution is 2.10. The van der Waals surface area contributed by atoms with Gasteiger partial charge in [0, 0.05) is 20.0 Å². The number of rotatable bonds is 4. The van der Waals surface area contributed by atoms with Gasteiger partial charge in [0.2, 0.25) is 5.91 Å². The molecule has 0 radical (unpaired) electrons. The summed E-state index contributed by atoms with van der Waals surface area (Å²) in [6.07, 6.45) is 0.337. The zero-order valence-corrected chi connectivity index (χ0v) is 9.81. The topological polar surface area (TPSA) is 20.3 Å². The Morgan fingerprint density at radius 3 is 2.62 bits per heavy atom. The standard InChI is InChI=1S/C11H13F2NOS/c1-14(11(15)4-5-16)7-8-2-3-9(12)10(13)6-8/h2-3,6,16H,4-5,7H2,1H3. The fourth-order valence-corrected chi connectivity index (χ4v) is 1.48. The summed E-state index contributed by atoms with van der Waals surface area (Å²) in [4.78, 5) is 12.9. The fourth-order valence-electron chi connectivity index (χ4n) is 1.29. The van der Waals surface area contributed by atoms with Crippen LogP contribution in [0.25, 0.3) is 0 Å². The molecule has 0 N–H and O–H groups in total. The van der Waals surface area contributed by atoms with Crippen LogP contribution in [0.3, 0.4) is 0 Å². The minimum atomic E-state index is -0.896. The van der Waals surface area contributed by atoms with Gasteiger partial charge in [-0.25, -0.2) is 8.78 Å². The van der Waals surface area contributed by atoms with E-state index in [1.807, 2.05) is 0 Å². The molecule has 1 aromatic carbocycles. The number of carbonyl (C=O) groups is 1. The normalized spacial score (nSPS) is 10.2. The smallest absolute Gasteiger partial charge is 0.223 e. The molecule has 0 saturated heterocycles. The van der Waals surface area contributed by atoms with Crippen molar-refractivity contribution in [3.8, 4) is 0 Å². The van der Waals surface area contributed by atoms with Gasteiger partial charge in [0.1, 0.15) is 0 Å². The molecule has 1 amide bonds. The molecule has 5 heteroatoms. The second-order valence-corrected chi connectivity index (χ2v) is 3.92. The van der Waals surface area contributed by atoms with Crippen LogP contribution in [-0.4, -0.2) is 23.6 Å². The van der Waals surface area contributed by atoms with Gasteiger partial charge < -0.3 is 4.90 Å². The molecule has 0 bridgehead atoms. The number of thiol groups is 1. The van der Waals surface area contributed by atoms with E-state index in [2.05, 4.69) is 12.6 Å². The summed E-state index contributed by atoms with van der Waals surface area (Å²) in [7, 11) is 1.62. The molecule has 0 saturated carbocycles. The van der Waals surface area contributed by atoms with E-state index in [1.165, 1.54) is 11.0 Å². The Morgan fingerprint density at radius 2 is 2.06 bits per heavy atom. The second kappa shape index (κ2) is 5.84. The first kappa shape index (κ1) is 13.0. The van der Waals surface area contributed by atoms with Gasteiger partial charge in [-0.3, -0.25) is 4.79 Å². The minimum absolute atomic E-state index is 0.0697. The number of hydrogen-bond acceptors (Lipinski definition) is 2. The predicted molar refractivity (Wildman–Crippen MR) is 61.3 cm³/mol. The third-order valence-electron chi connectivity index (χ3n) is 2.16. The maximum absolute atomic E-state index is 12.9. The van der Waals surface area contributed by atoms with Crippen LogP contribution in [0.2, 0.25) is 0 Å². The fraction of sp³-hybridized carbons (Fsp3) is 0.364. The minimum Gasteiger partial charge on any atom is -0.341 e. The Morgan fingerprint density at radius 1 is 1.38 bits per heavy atom. The van der Waals surface area contributed by atoms with Gasteiger partial charge in [-0.15, -0.1) is 0 Å². The molecule has 0 unspecified atom stereocenters. The molecule has 0 aliphatic heterocycles. The number of halogens is 2. The third-order valence-corrected chi connectivity index (χ3v) is 2.38. The van der Waals surface area contributed by atoms with Crippen molar-refractivity contribution in [2.45, 2.75) is 13.0 Å². The van der Waals surface area contributed by atoms with E-state index in [9.17, 15) is 13.6 Å². The maximum atomic E-state index is 12.9. The molecule has 0 fully saturated rings. The van der Waals surface area contributed by atoms with Crippen molar-refractivity contribution >= 4 is 18.5 Å². The van der Waals surface area contributed by atoms with Crippen molar-refractivity contribution in [2.75, 3.05) is 12.8 Å². The first-order chi connectivity index (χ1) is 7.54. The average molecular weight is 245 g/mol. The van der Waals surface area contributed by atoms with Crippen LogP contribution < -0.4 is 0 Å². The van der Waals surface area contributed by atoms with Gasteiger partial charge >= 0.3 is 0 Å². The van der Waals surface area contributed by atoms with E-state index < -0.39 is 11.6 Å². The lowest BCUT2D eigenvalue weighted by Crippen LogP contribution is -2.26. The van der Waals surface area contributed by atoms with Crippen LogP contribution in [0.5, 0.6) is 0 Å². The zero-order valence-electron chi connectivity index (χ0n) is 8.91. The van der Waals surface area contributed by atoms with Crippen LogP contribution in [0.15, 0.2) is 18.2 Å². The van der Waals surface area contributed by atoms with Crippen LogP contribution in [0, 0.1) is 11.6 Å². The lowest BCUT2D eigenvalue weighted by molar-refractivity contribution is -0.129. The summed E-state index contributed by atoms with van der Waals surface area (Å²) >= 11 is 3.95. The highest BCUT2D eigenvalue weighted by atomic mass is 32.1. The summed E-state index contributed by atoms with van der Waals surface area (Å²) in [5.41, 5.74) is 0.564. The quantitative estimate of drug-likeness (QED) is 0.807. The van der Waals surface area contributed by atoms with Crippen molar-refractivity contribution in [1.82, 2.24) is 4.90 Å². The highest BCUT2D eigenvalue weighted by Gasteiger charge is 2.09. The Bertz CT molecular complexity index is 384. The Hall–Kier alpha value is -1.10. The molecule has 0 aliphatic carbocycles. The van der Waals surface area contributed by atoms with E-state index in [-0.39, 0.29) is 12.5 Å². The zero-order chi connectivity index (χ0) is 12.1. The number of amides is 1. The van der Waals surface area contributed by atoms with Crippen molar-refractivity contribution in [2.24, 2.45) is 0 Å². The van der Waals surface area contributed by atoms with Crippen LogP contribution in [0.1, 0.15) is 12.0 Å². The summed E-state index contributed by atoms with van der Waals surface area (Å²) in [6, 6.07) is 3.62. The van der Waals surface area contributed by atoms with Crippen molar-refractivity contribution < 1.29 is 13.6 Å². The number of benzene rings is 1. The Balaban J connectivity index is 2.66. The largest absolute Gasteiger partial charge is 0.341 e. The predicted octanol–water partition coefficient (Wildman–Crippen LogP) is 2.24. The van der Waals surface area contributed by atoms with E-state index in [4.69, 9.17) is 0 Å². The monoisotopic (exact) mass is 245 g/mol. The van der Waals surface area contributed by atoms with Crippen LogP contribution in [0.4, 0.5) is 8.78 Å². The van der Waals surface area contributed by atoms with E-state index in [1.54, 1.807) is 7.05 Å². The molecule has 0 atom stereocenters. The first-order valence-electron chi connectivity index (χ1n) is 4.83. The van der Waals surface area contributed by atoms with Gasteiger partial charge in [0.05, 0.1) is 0 Å². The van der Waals surface area contributed by atoms with Gasteiger partial charge in [-0.1, -0.05) is 6.07 Å². The lowest BCUT2D eigenvalue weighted by Gasteiger charge is -2.16. The molecule has 88 valence electrons. The molecule has 2 nitrogen and oxygen atoms in total. The van der Waals surface area contributed by atoms with E-state index in [0.717, 1.165) is 12.1 Å². The Labute approximate surface area is 98.7 Å². The molecule has 0 heterocycles. The summed E-state index contributed by atoms with van der Waals surface area (Å²) < 4.78 is 25.5. The summed E-state index contributed by atoms with van der Waals surface area (Å²) in [5, 5.41) is 0. The maximum Gasteiger partial charge on any atom is 0.223 e. The van der Waals surface area contributed by atoms with E-state index >= 15 is 0 Å². The number of hydrogen-bond donors (Lipinski definition) is 1. The summed E-state index contributed by atoms with van der Waals surface area (Å²) in [5.74, 6) is -1.37. The highest BCUT2D eigenvalue weighted by molar-refractivity contribution is 7.80. The molecule has 1 rings (SSSR count). The molecule has 16 heavy (non-hydrogen) atoms. The van der Waals surface area contributed by atoms with E-state index in [0.29, 0.717) is 17.7 Å². The van der Waals surface area contributed by atoms with Crippen molar-refractivity contribution in [3.05, 3.63) is 35.4 Å². The first-order valence-corrected chi connectivity index (χ1v) is 5.46. The molecular formula is C11H13F2NOS. The molecular weight excluding hydrogens is 232 g/mol. The molecule has 1 aromatic rings. The average Bonchev–Trinajstić information content (AvgIpc) is 2.24. The van der Waals surface area contributed by atoms with Gasteiger partial charge in [0.15, 0.2) is 11.6 Å². The lowest BCUT2D eigenvalue weighted by atomic mass is 10.2.